The van der Waals surface area contributed by atoms with Crippen molar-refractivity contribution in [2.75, 3.05) is 19.4 Å². The molecule has 0 saturated heterocycles. The first kappa shape index (κ1) is 14.4. The number of hydrogen-bond acceptors (Lipinski definition) is 4. The topological polar surface area (TPSA) is 64.3 Å². The van der Waals surface area contributed by atoms with Crippen LogP contribution in [0.4, 0.5) is 5.69 Å². The van der Waals surface area contributed by atoms with Crippen LogP contribution in [0, 0.1) is 6.92 Å². The summed E-state index contributed by atoms with van der Waals surface area (Å²) in [5.74, 6) is 0.766. The van der Waals surface area contributed by atoms with Crippen LogP contribution in [0.2, 0.25) is 0 Å². The van der Waals surface area contributed by atoms with E-state index in [4.69, 9.17) is 10.5 Å². The van der Waals surface area contributed by atoms with E-state index >= 15 is 0 Å². The van der Waals surface area contributed by atoms with Crippen molar-refractivity contribution in [2.24, 2.45) is 0 Å². The maximum absolute atomic E-state index is 12.0. The summed E-state index contributed by atoms with van der Waals surface area (Å²) in [6.07, 6.45) is 0.732. The third-order valence-electron chi connectivity index (χ3n) is 3.05. The highest BCUT2D eigenvalue weighted by molar-refractivity contribution is 7.14. The predicted molar refractivity (Wildman–Crippen MR) is 82.5 cm³/mol. The average Bonchev–Trinajstić information content (AvgIpc) is 2.79. The van der Waals surface area contributed by atoms with Crippen LogP contribution in [0.15, 0.2) is 30.3 Å². The lowest BCUT2D eigenvalue weighted by molar-refractivity contribution is 0.0958. The monoisotopic (exact) mass is 290 g/mol. The van der Waals surface area contributed by atoms with E-state index in [0.717, 1.165) is 22.6 Å². The molecule has 0 saturated carbocycles. The average molecular weight is 290 g/mol. The Morgan fingerprint density at radius 2 is 2.15 bits per heavy atom. The van der Waals surface area contributed by atoms with Gasteiger partial charge in [0.2, 0.25) is 0 Å². The van der Waals surface area contributed by atoms with E-state index in [1.165, 1.54) is 11.3 Å². The highest BCUT2D eigenvalue weighted by atomic mass is 32.1. The van der Waals surface area contributed by atoms with Gasteiger partial charge in [0.15, 0.2) is 0 Å². The lowest BCUT2D eigenvalue weighted by Crippen LogP contribution is -2.25. The second-order valence-corrected chi connectivity index (χ2v) is 5.70. The molecule has 0 spiro atoms. The first-order valence-corrected chi connectivity index (χ1v) is 7.19. The van der Waals surface area contributed by atoms with Gasteiger partial charge in [-0.2, -0.15) is 0 Å². The van der Waals surface area contributed by atoms with Gasteiger partial charge in [-0.1, -0.05) is 18.2 Å². The summed E-state index contributed by atoms with van der Waals surface area (Å²) in [5.41, 5.74) is 7.50. The van der Waals surface area contributed by atoms with E-state index in [-0.39, 0.29) is 5.91 Å². The largest absolute Gasteiger partial charge is 0.496 e. The molecule has 0 fully saturated rings. The van der Waals surface area contributed by atoms with E-state index in [0.29, 0.717) is 17.1 Å². The number of hydrogen-bond donors (Lipinski definition) is 2. The molecule has 1 amide bonds. The number of aryl methyl sites for hydroxylation is 1. The summed E-state index contributed by atoms with van der Waals surface area (Å²) in [5, 5.41) is 2.90. The van der Waals surface area contributed by atoms with Crippen LogP contribution in [-0.4, -0.2) is 19.6 Å². The van der Waals surface area contributed by atoms with Crippen molar-refractivity contribution in [3.63, 3.8) is 0 Å². The molecule has 0 aliphatic carbocycles. The molecule has 3 N–H and O–H groups in total. The minimum absolute atomic E-state index is 0.0790. The Hall–Kier alpha value is -2.01. The van der Waals surface area contributed by atoms with Crippen LogP contribution < -0.4 is 15.8 Å². The van der Waals surface area contributed by atoms with Gasteiger partial charge in [-0.3, -0.25) is 4.79 Å². The Morgan fingerprint density at radius 3 is 2.80 bits per heavy atom. The van der Waals surface area contributed by atoms with Crippen molar-refractivity contribution >= 4 is 22.9 Å². The van der Waals surface area contributed by atoms with Crippen LogP contribution >= 0.6 is 11.3 Å². The van der Waals surface area contributed by atoms with Crippen molar-refractivity contribution < 1.29 is 9.53 Å². The molecule has 1 aromatic carbocycles. The number of carbonyl (C=O) groups excluding carboxylic acids is 1. The first-order chi connectivity index (χ1) is 9.61. The van der Waals surface area contributed by atoms with Crippen molar-refractivity contribution in [1.82, 2.24) is 5.32 Å². The molecule has 0 bridgehead atoms. The first-order valence-electron chi connectivity index (χ1n) is 6.38. The van der Waals surface area contributed by atoms with Gasteiger partial charge in [-0.15, -0.1) is 11.3 Å². The number of nitrogens with two attached hydrogens (primary N) is 1. The quantitative estimate of drug-likeness (QED) is 0.889. The summed E-state index contributed by atoms with van der Waals surface area (Å²) in [6.45, 7) is 2.47. The number of anilines is 1. The Bertz CT molecular complexity index is 588. The molecule has 1 heterocycles. The number of methoxy groups -OCH3 is 1. The van der Waals surface area contributed by atoms with Gasteiger partial charge in [0.1, 0.15) is 5.75 Å². The standard InChI is InChI=1S/C15H18N2O2S/c1-10-12(16)9-14(20-10)15(18)17-8-7-11-5-3-4-6-13(11)19-2/h3-6,9H,7-8,16H2,1-2H3,(H,17,18). The summed E-state index contributed by atoms with van der Waals surface area (Å²) in [7, 11) is 1.65. The van der Waals surface area contributed by atoms with Gasteiger partial charge >= 0.3 is 0 Å². The maximum Gasteiger partial charge on any atom is 0.261 e. The highest BCUT2D eigenvalue weighted by Gasteiger charge is 2.10. The number of amides is 1. The third kappa shape index (κ3) is 3.30. The minimum atomic E-state index is -0.0790. The number of ether oxygens (including phenoxy) is 1. The number of para-hydroxylation sites is 1. The van der Waals surface area contributed by atoms with Crippen LogP contribution in [0.25, 0.3) is 0 Å². The lowest BCUT2D eigenvalue weighted by atomic mass is 10.1. The van der Waals surface area contributed by atoms with Gasteiger partial charge in [0, 0.05) is 17.1 Å². The molecule has 2 aromatic rings. The maximum atomic E-state index is 12.0. The minimum Gasteiger partial charge on any atom is -0.496 e. The zero-order chi connectivity index (χ0) is 14.5. The van der Waals surface area contributed by atoms with Crippen LogP contribution in [0.3, 0.4) is 0 Å². The van der Waals surface area contributed by atoms with Gasteiger partial charge in [0.05, 0.1) is 12.0 Å². The van der Waals surface area contributed by atoms with Crippen LogP contribution in [0.1, 0.15) is 20.1 Å². The molecule has 20 heavy (non-hydrogen) atoms. The van der Waals surface area contributed by atoms with Crippen molar-refractivity contribution in [1.29, 1.82) is 0 Å². The predicted octanol–water partition coefficient (Wildman–Crippen LogP) is 2.62. The fourth-order valence-electron chi connectivity index (χ4n) is 1.92. The highest BCUT2D eigenvalue weighted by Crippen LogP contribution is 2.23. The molecule has 5 heteroatoms. The smallest absolute Gasteiger partial charge is 0.261 e. The van der Waals surface area contributed by atoms with E-state index in [9.17, 15) is 4.79 Å². The molecule has 1 aromatic heterocycles. The zero-order valence-corrected chi connectivity index (χ0v) is 12.4. The second-order valence-electron chi connectivity index (χ2n) is 4.44. The number of thiophene rings is 1. The summed E-state index contributed by atoms with van der Waals surface area (Å²) in [6, 6.07) is 9.53. The molecule has 4 nitrogen and oxygen atoms in total. The molecule has 2 rings (SSSR count). The Morgan fingerprint density at radius 1 is 1.40 bits per heavy atom. The summed E-state index contributed by atoms with van der Waals surface area (Å²) in [4.78, 5) is 13.6. The van der Waals surface area contributed by atoms with Crippen LogP contribution in [0.5, 0.6) is 5.75 Å². The molecule has 0 atom stereocenters. The van der Waals surface area contributed by atoms with E-state index in [1.807, 2.05) is 31.2 Å². The zero-order valence-electron chi connectivity index (χ0n) is 11.6. The Labute approximate surface area is 122 Å². The lowest BCUT2D eigenvalue weighted by Gasteiger charge is -2.08. The molecule has 106 valence electrons. The summed E-state index contributed by atoms with van der Waals surface area (Å²) >= 11 is 1.41. The van der Waals surface area contributed by atoms with Gasteiger partial charge in [-0.25, -0.2) is 0 Å². The van der Waals surface area contributed by atoms with E-state index < -0.39 is 0 Å². The van der Waals surface area contributed by atoms with E-state index in [2.05, 4.69) is 5.32 Å². The number of nitrogen functional groups attached to an aromatic ring is 1. The van der Waals surface area contributed by atoms with Crippen molar-refractivity contribution in [2.45, 2.75) is 13.3 Å². The molecular weight excluding hydrogens is 272 g/mol. The SMILES string of the molecule is COc1ccccc1CCNC(=O)c1cc(N)c(C)s1. The van der Waals surface area contributed by atoms with Crippen LogP contribution in [-0.2, 0) is 6.42 Å². The molecule has 0 aliphatic rings. The third-order valence-corrected chi connectivity index (χ3v) is 4.12. The van der Waals surface area contributed by atoms with E-state index in [1.54, 1.807) is 13.2 Å². The molecule has 0 unspecified atom stereocenters. The van der Waals surface area contributed by atoms with Gasteiger partial charge in [-0.05, 0) is 31.0 Å². The normalized spacial score (nSPS) is 10.3. The Kier molecular flexibility index (Phi) is 4.63. The fraction of sp³-hybridized carbons (Fsp3) is 0.267. The van der Waals surface area contributed by atoms with Crippen molar-refractivity contribution in [3.05, 3.63) is 45.6 Å². The van der Waals surface area contributed by atoms with Gasteiger partial charge in [0.25, 0.3) is 5.91 Å². The van der Waals surface area contributed by atoms with Gasteiger partial charge < -0.3 is 15.8 Å². The van der Waals surface area contributed by atoms with Crippen molar-refractivity contribution in [3.8, 4) is 5.75 Å². The molecular formula is C15H18N2O2S. The molecule has 0 radical (unpaired) electrons. The molecule has 0 aliphatic heterocycles. The number of benzene rings is 1. The number of carbonyl (C=O) groups is 1. The fourth-order valence-corrected chi connectivity index (χ4v) is 2.77. The Balaban J connectivity index is 1.91. The summed E-state index contributed by atoms with van der Waals surface area (Å²) < 4.78 is 5.28. The second kappa shape index (κ2) is 6.43. The number of rotatable bonds is 5. The number of nitrogens with one attached hydrogen (secondary N) is 1.